The Kier molecular flexibility index (Phi) is 5.83. The molecule has 0 saturated carbocycles. The molecule has 1 saturated heterocycles. The molecular weight excluding hydrogens is 310 g/mol. The van der Waals surface area contributed by atoms with Crippen LogP contribution in [0.5, 0.6) is 5.75 Å². The van der Waals surface area contributed by atoms with Crippen molar-refractivity contribution in [1.82, 2.24) is 5.32 Å². The van der Waals surface area contributed by atoms with Crippen LogP contribution in [0.1, 0.15) is 38.7 Å². The molecule has 0 amide bonds. The van der Waals surface area contributed by atoms with Crippen LogP contribution in [-0.4, -0.2) is 43.8 Å². The second-order valence-corrected chi connectivity index (χ2v) is 5.86. The third-order valence-electron chi connectivity index (χ3n) is 4.28. The van der Waals surface area contributed by atoms with Gasteiger partial charge in [-0.15, -0.1) is 0 Å². The molecule has 2 atom stereocenters. The van der Waals surface area contributed by atoms with Crippen molar-refractivity contribution in [3.8, 4) is 5.75 Å². The number of esters is 2. The van der Waals surface area contributed by atoms with E-state index in [0.29, 0.717) is 12.2 Å². The molecule has 132 valence electrons. The summed E-state index contributed by atoms with van der Waals surface area (Å²) in [5.74, 6) is -0.907. The van der Waals surface area contributed by atoms with Gasteiger partial charge >= 0.3 is 11.9 Å². The molecule has 1 aromatic carbocycles. The molecule has 2 rings (SSSR count). The first-order valence-corrected chi connectivity index (χ1v) is 8.25. The minimum Gasteiger partial charge on any atom is -0.497 e. The fourth-order valence-electron chi connectivity index (χ4n) is 3.30. The van der Waals surface area contributed by atoms with E-state index in [1.165, 1.54) is 0 Å². The molecule has 0 radical (unpaired) electrons. The van der Waals surface area contributed by atoms with E-state index in [4.69, 9.17) is 14.2 Å². The van der Waals surface area contributed by atoms with Crippen LogP contribution in [0.3, 0.4) is 0 Å². The maximum absolute atomic E-state index is 12.8. The third kappa shape index (κ3) is 3.24. The van der Waals surface area contributed by atoms with E-state index in [1.54, 1.807) is 21.0 Å². The number of carbonyl (C=O) groups is 2. The number of nitrogens with one attached hydrogen (secondary N) is 1. The molecule has 0 aromatic heterocycles. The topological polar surface area (TPSA) is 73.9 Å². The van der Waals surface area contributed by atoms with E-state index in [9.17, 15) is 9.59 Å². The van der Waals surface area contributed by atoms with Crippen LogP contribution < -0.4 is 10.1 Å². The van der Waals surface area contributed by atoms with Crippen molar-refractivity contribution in [2.45, 2.75) is 44.7 Å². The van der Waals surface area contributed by atoms with Crippen molar-refractivity contribution in [3.63, 3.8) is 0 Å². The van der Waals surface area contributed by atoms with Crippen LogP contribution in [0.4, 0.5) is 0 Å². The van der Waals surface area contributed by atoms with Crippen molar-refractivity contribution in [2.24, 2.45) is 0 Å². The molecule has 6 heteroatoms. The van der Waals surface area contributed by atoms with E-state index in [1.807, 2.05) is 31.2 Å². The van der Waals surface area contributed by atoms with Crippen LogP contribution in [-0.2, 0) is 19.1 Å². The number of benzene rings is 1. The number of methoxy groups -OCH3 is 1. The van der Waals surface area contributed by atoms with E-state index in [0.717, 1.165) is 5.56 Å². The minimum absolute atomic E-state index is 0.0324. The van der Waals surface area contributed by atoms with Crippen molar-refractivity contribution >= 4 is 11.9 Å². The summed E-state index contributed by atoms with van der Waals surface area (Å²) in [6.45, 7) is 5.76. The van der Waals surface area contributed by atoms with Gasteiger partial charge in [0.25, 0.3) is 0 Å². The molecule has 1 heterocycles. The largest absolute Gasteiger partial charge is 0.497 e. The average molecular weight is 335 g/mol. The summed E-state index contributed by atoms with van der Waals surface area (Å²) in [6.07, 6.45) is 0.616. The lowest BCUT2D eigenvalue weighted by molar-refractivity contribution is -0.166. The van der Waals surface area contributed by atoms with Gasteiger partial charge in [-0.05, 0) is 44.9 Å². The van der Waals surface area contributed by atoms with Gasteiger partial charge in [0.2, 0.25) is 5.54 Å². The quantitative estimate of drug-likeness (QED) is 0.633. The van der Waals surface area contributed by atoms with Gasteiger partial charge in [0, 0.05) is 12.0 Å². The summed E-state index contributed by atoms with van der Waals surface area (Å²) in [5.41, 5.74) is -0.690. The van der Waals surface area contributed by atoms with Gasteiger partial charge in [-0.25, -0.2) is 9.59 Å². The lowest BCUT2D eigenvalue weighted by atomic mass is 9.80. The molecule has 1 N–H and O–H groups in total. The Morgan fingerprint density at radius 1 is 1.21 bits per heavy atom. The van der Waals surface area contributed by atoms with Crippen LogP contribution in [0.25, 0.3) is 0 Å². The predicted octanol–water partition coefficient (Wildman–Crippen LogP) is 2.03. The summed E-state index contributed by atoms with van der Waals surface area (Å²) < 4.78 is 15.7. The smallest absolute Gasteiger partial charge is 0.338 e. The molecule has 0 aliphatic carbocycles. The fourth-order valence-corrected chi connectivity index (χ4v) is 3.30. The highest BCUT2D eigenvalue weighted by Gasteiger charge is 2.60. The van der Waals surface area contributed by atoms with E-state index >= 15 is 0 Å². The average Bonchev–Trinajstić information content (AvgIpc) is 2.94. The van der Waals surface area contributed by atoms with Gasteiger partial charge in [-0.3, -0.25) is 5.32 Å². The zero-order valence-corrected chi connectivity index (χ0v) is 14.6. The molecule has 1 fully saturated rings. The lowest BCUT2D eigenvalue weighted by Crippen LogP contribution is -2.60. The Morgan fingerprint density at radius 3 is 2.38 bits per heavy atom. The normalized spacial score (nSPS) is 22.0. The van der Waals surface area contributed by atoms with Gasteiger partial charge < -0.3 is 14.2 Å². The third-order valence-corrected chi connectivity index (χ3v) is 4.28. The Balaban J connectivity index is 2.52. The van der Waals surface area contributed by atoms with Gasteiger partial charge in [0.1, 0.15) is 5.75 Å². The number of hydrogen-bond acceptors (Lipinski definition) is 6. The van der Waals surface area contributed by atoms with E-state index in [-0.39, 0.29) is 25.2 Å². The van der Waals surface area contributed by atoms with Gasteiger partial charge in [-0.1, -0.05) is 12.1 Å². The predicted molar refractivity (Wildman–Crippen MR) is 88.9 cm³/mol. The highest BCUT2D eigenvalue weighted by molar-refractivity contribution is 6.06. The molecule has 24 heavy (non-hydrogen) atoms. The van der Waals surface area contributed by atoms with Crippen molar-refractivity contribution in [1.29, 1.82) is 0 Å². The highest BCUT2D eigenvalue weighted by atomic mass is 16.6. The van der Waals surface area contributed by atoms with Gasteiger partial charge in [0.15, 0.2) is 0 Å². The molecule has 0 unspecified atom stereocenters. The molecule has 6 nitrogen and oxygen atoms in total. The summed E-state index contributed by atoms with van der Waals surface area (Å²) in [5, 5.41) is 3.13. The van der Waals surface area contributed by atoms with Gasteiger partial charge in [0.05, 0.1) is 20.3 Å². The monoisotopic (exact) mass is 335 g/mol. The maximum atomic E-state index is 12.8. The molecule has 1 aliphatic heterocycles. The number of carbonyl (C=O) groups excluding carboxylic acids is 2. The maximum Gasteiger partial charge on any atom is 0.338 e. The summed E-state index contributed by atoms with van der Waals surface area (Å²) in [7, 11) is 1.58. The van der Waals surface area contributed by atoms with Crippen molar-refractivity contribution < 1.29 is 23.8 Å². The lowest BCUT2D eigenvalue weighted by Gasteiger charge is -2.31. The van der Waals surface area contributed by atoms with Crippen molar-refractivity contribution in [2.75, 3.05) is 20.3 Å². The Bertz CT molecular complexity index is 583. The summed E-state index contributed by atoms with van der Waals surface area (Å²) in [6, 6.07) is 7.37. The summed E-state index contributed by atoms with van der Waals surface area (Å²) >= 11 is 0. The van der Waals surface area contributed by atoms with Crippen LogP contribution in [0.15, 0.2) is 24.3 Å². The molecule has 0 bridgehead atoms. The fraction of sp³-hybridized carbons (Fsp3) is 0.556. The first-order chi connectivity index (χ1) is 11.5. The van der Waals surface area contributed by atoms with Crippen LogP contribution in [0, 0.1) is 0 Å². The zero-order chi connectivity index (χ0) is 17.7. The highest BCUT2D eigenvalue weighted by Crippen LogP contribution is 2.41. The van der Waals surface area contributed by atoms with E-state index < -0.39 is 17.5 Å². The van der Waals surface area contributed by atoms with E-state index in [2.05, 4.69) is 5.32 Å². The summed E-state index contributed by atoms with van der Waals surface area (Å²) in [4.78, 5) is 25.5. The second-order valence-electron chi connectivity index (χ2n) is 5.86. The Hall–Kier alpha value is -2.08. The molecule has 1 aromatic rings. The Labute approximate surface area is 142 Å². The SMILES string of the molecule is CCOC(=O)C1(C(=O)OCC)N[C@@H](C)C[C@H]1c1cccc(OC)c1. The van der Waals surface area contributed by atoms with Crippen molar-refractivity contribution in [3.05, 3.63) is 29.8 Å². The number of hydrogen-bond donors (Lipinski definition) is 1. The molecular formula is C18H25NO5. The molecule has 1 aliphatic rings. The standard InChI is InChI=1S/C18H25NO5/c1-5-23-16(20)18(17(21)24-6-2)15(10-12(3)19-18)13-8-7-9-14(11-13)22-4/h7-9,11-12,15,19H,5-6,10H2,1-4H3/t12-,15-/m0/s1. The number of ether oxygens (including phenoxy) is 3. The van der Waals surface area contributed by atoms with Gasteiger partial charge in [-0.2, -0.15) is 0 Å². The van der Waals surface area contributed by atoms with Crippen LogP contribution in [0.2, 0.25) is 0 Å². The second kappa shape index (κ2) is 7.66. The first-order valence-electron chi connectivity index (χ1n) is 8.25. The molecule has 0 spiro atoms. The minimum atomic E-state index is -1.53. The number of rotatable bonds is 6. The zero-order valence-electron chi connectivity index (χ0n) is 14.6. The first kappa shape index (κ1) is 18.3. The Morgan fingerprint density at radius 2 is 1.83 bits per heavy atom. The van der Waals surface area contributed by atoms with Crippen LogP contribution >= 0.6 is 0 Å².